The maximum Gasteiger partial charge on any atom is 0.339 e. The maximum absolute atomic E-state index is 14.0. The molecule has 0 saturated carbocycles. The van der Waals surface area contributed by atoms with Crippen molar-refractivity contribution in [2.75, 3.05) is 7.11 Å². The Bertz CT molecular complexity index is 1490. The molecule has 7 nitrogen and oxygen atoms in total. The number of carbonyl (C=O) groups excluding carboxylic acids is 2. The summed E-state index contributed by atoms with van der Waals surface area (Å²) in [5.74, 6) is -0.994. The summed E-state index contributed by atoms with van der Waals surface area (Å²) in [6, 6.07) is 14.5. The van der Waals surface area contributed by atoms with Crippen LogP contribution < -0.4 is 8.92 Å². The number of ether oxygens (including phenoxy) is 1. The van der Waals surface area contributed by atoms with Crippen LogP contribution in [0.5, 0.6) is 11.5 Å². The van der Waals surface area contributed by atoms with Gasteiger partial charge in [-0.05, 0) is 88.5 Å². The lowest BCUT2D eigenvalue weighted by Gasteiger charge is -2.14. The van der Waals surface area contributed by atoms with Crippen molar-refractivity contribution in [3.63, 3.8) is 0 Å². The van der Waals surface area contributed by atoms with Gasteiger partial charge in [-0.3, -0.25) is 14.5 Å². The van der Waals surface area contributed by atoms with Gasteiger partial charge in [0, 0.05) is 10.6 Å². The van der Waals surface area contributed by atoms with E-state index in [1.165, 1.54) is 61.7 Å². The normalized spacial score (nSPS) is 15.0. The van der Waals surface area contributed by atoms with Crippen molar-refractivity contribution in [3.05, 3.63) is 91.1 Å². The third-order valence-electron chi connectivity index (χ3n) is 5.00. The SMILES string of the molecule is COc1cc(/C=C2\SC(=O)N(Cc3ccccc3F)C2=O)cc(I)c1OS(=O)(=O)c1ccc(Cl)cc1. The second-order valence-corrected chi connectivity index (χ2v) is 11.5. The summed E-state index contributed by atoms with van der Waals surface area (Å²) in [7, 11) is -2.83. The average molecular weight is 660 g/mol. The standard InChI is InChI=1S/C24H16ClFINO6S2/c1-33-20-11-14(10-19(27)22(20)34-36(31,32)17-8-6-16(25)7-9-17)12-21-23(29)28(24(30)35-21)13-15-4-2-3-5-18(15)26/h2-12H,13H2,1H3/b21-12-. The minimum atomic E-state index is -4.18. The molecule has 0 aliphatic carbocycles. The lowest BCUT2D eigenvalue weighted by atomic mass is 10.1. The van der Waals surface area contributed by atoms with E-state index in [-0.39, 0.29) is 33.4 Å². The second-order valence-electron chi connectivity index (χ2n) is 7.38. The van der Waals surface area contributed by atoms with Gasteiger partial charge in [-0.2, -0.15) is 8.42 Å². The van der Waals surface area contributed by atoms with Gasteiger partial charge in [0.05, 0.1) is 22.1 Å². The fourth-order valence-corrected chi connectivity index (χ4v) is 6.05. The first kappa shape index (κ1) is 26.5. The molecule has 3 aromatic rings. The first-order chi connectivity index (χ1) is 17.1. The Morgan fingerprint density at radius 1 is 1.11 bits per heavy atom. The van der Waals surface area contributed by atoms with Gasteiger partial charge in [0.1, 0.15) is 10.7 Å². The molecular formula is C24H16ClFINO6S2. The van der Waals surface area contributed by atoms with Crippen LogP contribution in [-0.4, -0.2) is 31.6 Å². The third-order valence-corrected chi connectivity index (χ3v) is 8.20. The molecule has 1 heterocycles. The zero-order valence-corrected chi connectivity index (χ0v) is 23.0. The quantitative estimate of drug-likeness (QED) is 0.172. The second kappa shape index (κ2) is 10.8. The highest BCUT2D eigenvalue weighted by molar-refractivity contribution is 14.1. The monoisotopic (exact) mass is 659 g/mol. The van der Waals surface area contributed by atoms with Crippen molar-refractivity contribution < 1.29 is 31.3 Å². The maximum atomic E-state index is 14.0. The van der Waals surface area contributed by atoms with Crippen molar-refractivity contribution in [2.45, 2.75) is 11.4 Å². The number of thioether (sulfide) groups is 1. The van der Waals surface area contributed by atoms with Gasteiger partial charge in [0.15, 0.2) is 11.5 Å². The fourth-order valence-electron chi connectivity index (χ4n) is 3.25. The highest BCUT2D eigenvalue weighted by Gasteiger charge is 2.35. The van der Waals surface area contributed by atoms with E-state index in [1.54, 1.807) is 12.1 Å². The number of methoxy groups -OCH3 is 1. The molecule has 0 radical (unpaired) electrons. The van der Waals surface area contributed by atoms with Gasteiger partial charge in [-0.15, -0.1) is 0 Å². The van der Waals surface area contributed by atoms with Crippen LogP contribution in [0.15, 0.2) is 70.5 Å². The highest BCUT2D eigenvalue weighted by atomic mass is 127. The molecule has 186 valence electrons. The zero-order chi connectivity index (χ0) is 26.0. The van der Waals surface area contributed by atoms with Crippen LogP contribution >= 0.6 is 46.0 Å². The summed E-state index contributed by atoms with van der Waals surface area (Å²) >= 11 is 8.45. The van der Waals surface area contributed by atoms with E-state index >= 15 is 0 Å². The van der Waals surface area contributed by atoms with Crippen LogP contribution in [0.1, 0.15) is 11.1 Å². The molecule has 0 atom stereocenters. The van der Waals surface area contributed by atoms with Crippen molar-refractivity contribution in [1.82, 2.24) is 4.90 Å². The molecule has 0 bridgehead atoms. The van der Waals surface area contributed by atoms with E-state index in [1.807, 2.05) is 22.6 Å². The average Bonchev–Trinajstić information content (AvgIpc) is 3.09. The molecule has 36 heavy (non-hydrogen) atoms. The number of benzene rings is 3. The summed E-state index contributed by atoms with van der Waals surface area (Å²) < 4.78 is 50.5. The molecule has 2 amide bonds. The Kier molecular flexibility index (Phi) is 7.93. The van der Waals surface area contributed by atoms with Crippen molar-refractivity contribution in [1.29, 1.82) is 0 Å². The summed E-state index contributed by atoms with van der Waals surface area (Å²) in [4.78, 5) is 26.3. The molecule has 0 spiro atoms. The van der Waals surface area contributed by atoms with Gasteiger partial charge >= 0.3 is 10.1 Å². The van der Waals surface area contributed by atoms with Gasteiger partial charge < -0.3 is 8.92 Å². The molecule has 0 N–H and O–H groups in total. The van der Waals surface area contributed by atoms with Crippen LogP contribution in [0.4, 0.5) is 9.18 Å². The van der Waals surface area contributed by atoms with Gasteiger partial charge in [0.2, 0.25) is 0 Å². The Morgan fingerprint density at radius 3 is 2.47 bits per heavy atom. The van der Waals surface area contributed by atoms with E-state index < -0.39 is 27.1 Å². The number of halogens is 3. The Morgan fingerprint density at radius 2 is 1.81 bits per heavy atom. The molecule has 1 aliphatic rings. The number of amides is 2. The fraction of sp³-hybridized carbons (Fsp3) is 0.0833. The summed E-state index contributed by atoms with van der Waals surface area (Å²) in [6.07, 6.45) is 1.48. The molecule has 12 heteroatoms. The van der Waals surface area contributed by atoms with Crippen LogP contribution in [0.3, 0.4) is 0 Å². The van der Waals surface area contributed by atoms with Gasteiger partial charge in [0.25, 0.3) is 11.1 Å². The molecule has 3 aromatic carbocycles. The van der Waals surface area contributed by atoms with Crippen LogP contribution in [0.25, 0.3) is 6.08 Å². The van der Waals surface area contributed by atoms with Gasteiger partial charge in [-0.1, -0.05) is 29.8 Å². The predicted molar refractivity (Wildman–Crippen MR) is 143 cm³/mol. The molecule has 0 aromatic heterocycles. The third kappa shape index (κ3) is 5.69. The van der Waals surface area contributed by atoms with E-state index in [2.05, 4.69) is 0 Å². The highest BCUT2D eigenvalue weighted by Crippen LogP contribution is 2.39. The lowest BCUT2D eigenvalue weighted by molar-refractivity contribution is -0.123. The van der Waals surface area contributed by atoms with Crippen molar-refractivity contribution >= 4 is 73.3 Å². The molecule has 1 saturated heterocycles. The summed E-state index contributed by atoms with van der Waals surface area (Å²) in [5, 5.41) is -0.144. The summed E-state index contributed by atoms with van der Waals surface area (Å²) in [6.45, 7) is -0.190. The Labute approximate surface area is 229 Å². The minimum absolute atomic E-state index is 0.0298. The molecule has 4 rings (SSSR count). The number of hydrogen-bond donors (Lipinski definition) is 0. The molecule has 1 aliphatic heterocycles. The number of imide groups is 1. The smallest absolute Gasteiger partial charge is 0.339 e. The summed E-state index contributed by atoms with van der Waals surface area (Å²) in [5.41, 5.74) is 0.699. The number of nitrogens with zero attached hydrogens (tertiary/aromatic N) is 1. The number of rotatable bonds is 7. The predicted octanol–water partition coefficient (Wildman–Crippen LogP) is 6.10. The first-order valence-electron chi connectivity index (χ1n) is 10.2. The molecular weight excluding hydrogens is 644 g/mol. The lowest BCUT2D eigenvalue weighted by Crippen LogP contribution is -2.27. The number of hydrogen-bond acceptors (Lipinski definition) is 7. The van der Waals surface area contributed by atoms with Crippen molar-refractivity contribution in [2.24, 2.45) is 0 Å². The topological polar surface area (TPSA) is 90.0 Å². The van der Waals surface area contributed by atoms with Crippen LogP contribution in [0, 0.1) is 9.39 Å². The zero-order valence-electron chi connectivity index (χ0n) is 18.4. The Hall–Kier alpha value is -2.61. The van der Waals surface area contributed by atoms with E-state index in [4.69, 9.17) is 20.5 Å². The molecule has 0 unspecified atom stereocenters. The van der Waals surface area contributed by atoms with E-state index in [0.717, 1.165) is 16.7 Å². The van der Waals surface area contributed by atoms with E-state index in [0.29, 0.717) is 14.2 Å². The largest absolute Gasteiger partial charge is 0.493 e. The van der Waals surface area contributed by atoms with E-state index in [9.17, 15) is 22.4 Å². The number of carbonyl (C=O) groups is 2. The van der Waals surface area contributed by atoms with Gasteiger partial charge in [-0.25, -0.2) is 4.39 Å². The van der Waals surface area contributed by atoms with Crippen LogP contribution in [-0.2, 0) is 21.5 Å². The molecule has 1 fully saturated rings. The Balaban J connectivity index is 1.60. The van der Waals surface area contributed by atoms with Crippen molar-refractivity contribution in [3.8, 4) is 11.5 Å². The van der Waals surface area contributed by atoms with Crippen LogP contribution in [0.2, 0.25) is 5.02 Å². The first-order valence-corrected chi connectivity index (χ1v) is 13.8. The minimum Gasteiger partial charge on any atom is -0.493 e.